The molecule has 0 aliphatic heterocycles. The number of benzene rings is 1. The van der Waals surface area contributed by atoms with Crippen LogP contribution in [0.3, 0.4) is 0 Å². The van der Waals surface area contributed by atoms with Crippen molar-refractivity contribution in [1.29, 1.82) is 0 Å². The summed E-state index contributed by atoms with van der Waals surface area (Å²) in [6.45, 7) is 0.465. The van der Waals surface area contributed by atoms with Crippen LogP contribution < -0.4 is 10.5 Å². The third-order valence-electron chi connectivity index (χ3n) is 2.51. The van der Waals surface area contributed by atoms with Crippen molar-refractivity contribution in [2.45, 2.75) is 12.8 Å². The smallest absolute Gasteiger partial charge is 0.338 e. The number of anilines is 1. The van der Waals surface area contributed by atoms with Gasteiger partial charge in [0, 0.05) is 6.07 Å². The minimum atomic E-state index is -1.26. The third kappa shape index (κ3) is 2.24. The van der Waals surface area contributed by atoms with E-state index in [0.717, 1.165) is 25.0 Å². The van der Waals surface area contributed by atoms with Crippen LogP contribution in [0.5, 0.6) is 5.75 Å². The molecule has 0 heterocycles. The lowest BCUT2D eigenvalue weighted by Crippen LogP contribution is -2.08. The molecular weight excluding hydrogens is 213 g/mol. The summed E-state index contributed by atoms with van der Waals surface area (Å²) >= 11 is 0. The second kappa shape index (κ2) is 4.00. The number of aromatic carboxylic acids is 1. The summed E-state index contributed by atoms with van der Waals surface area (Å²) in [5, 5.41) is 8.80. The monoisotopic (exact) mass is 225 g/mol. The number of nitrogen functional groups attached to an aromatic ring is 1. The van der Waals surface area contributed by atoms with E-state index in [2.05, 4.69) is 0 Å². The Kier molecular flexibility index (Phi) is 2.68. The average molecular weight is 225 g/mol. The first-order chi connectivity index (χ1) is 7.58. The fourth-order valence-corrected chi connectivity index (χ4v) is 1.38. The average Bonchev–Trinajstić information content (AvgIpc) is 3.02. The van der Waals surface area contributed by atoms with Crippen LogP contribution in [0.1, 0.15) is 23.2 Å². The molecule has 0 radical (unpaired) electrons. The largest absolute Gasteiger partial charge is 0.491 e. The van der Waals surface area contributed by atoms with E-state index in [1.807, 2.05) is 0 Å². The Labute approximate surface area is 91.8 Å². The van der Waals surface area contributed by atoms with Crippen molar-refractivity contribution in [2.24, 2.45) is 5.92 Å². The standard InChI is InChI=1S/C11H12FNO3/c12-7-3-8(11(14)15)10(13)9(4-7)16-5-6-1-2-6/h3-4,6H,1-2,5,13H2,(H,14,15). The van der Waals surface area contributed by atoms with Crippen LogP contribution >= 0.6 is 0 Å². The summed E-state index contributed by atoms with van der Waals surface area (Å²) in [5.41, 5.74) is 5.31. The zero-order valence-electron chi connectivity index (χ0n) is 8.57. The van der Waals surface area contributed by atoms with Gasteiger partial charge < -0.3 is 15.6 Å². The molecule has 1 aromatic carbocycles. The molecule has 2 rings (SSSR count). The van der Waals surface area contributed by atoms with E-state index >= 15 is 0 Å². The number of hydrogen-bond donors (Lipinski definition) is 2. The third-order valence-corrected chi connectivity index (χ3v) is 2.51. The SMILES string of the molecule is Nc1c(OCC2CC2)cc(F)cc1C(=O)O. The fourth-order valence-electron chi connectivity index (χ4n) is 1.38. The molecule has 1 aliphatic rings. The summed E-state index contributed by atoms with van der Waals surface area (Å²) in [4.78, 5) is 10.8. The number of halogens is 1. The number of carboxylic acid groups (broad SMARTS) is 1. The maximum Gasteiger partial charge on any atom is 0.338 e. The van der Waals surface area contributed by atoms with E-state index in [-0.39, 0.29) is 17.0 Å². The lowest BCUT2D eigenvalue weighted by Gasteiger charge is -2.10. The van der Waals surface area contributed by atoms with E-state index in [9.17, 15) is 9.18 Å². The van der Waals surface area contributed by atoms with Crippen molar-refractivity contribution < 1.29 is 19.0 Å². The number of nitrogens with two attached hydrogens (primary N) is 1. The van der Waals surface area contributed by atoms with Crippen LogP contribution in [0.15, 0.2) is 12.1 Å². The van der Waals surface area contributed by atoms with E-state index in [1.54, 1.807) is 0 Å². The van der Waals surface area contributed by atoms with E-state index < -0.39 is 11.8 Å². The minimum absolute atomic E-state index is 0.0189. The molecule has 3 N–H and O–H groups in total. The Morgan fingerprint density at radius 1 is 1.56 bits per heavy atom. The van der Waals surface area contributed by atoms with Crippen molar-refractivity contribution in [2.75, 3.05) is 12.3 Å². The molecule has 0 aromatic heterocycles. The molecular formula is C11H12FNO3. The summed E-state index contributed by atoms with van der Waals surface area (Å²) < 4.78 is 18.4. The van der Waals surface area contributed by atoms with Crippen LogP contribution in [0.4, 0.5) is 10.1 Å². The van der Waals surface area contributed by atoms with Gasteiger partial charge in [0.1, 0.15) is 11.6 Å². The Balaban J connectivity index is 2.24. The Morgan fingerprint density at radius 2 is 2.25 bits per heavy atom. The van der Waals surface area contributed by atoms with Gasteiger partial charge in [-0.3, -0.25) is 0 Å². The number of rotatable bonds is 4. The number of hydrogen-bond acceptors (Lipinski definition) is 3. The van der Waals surface area contributed by atoms with Gasteiger partial charge >= 0.3 is 5.97 Å². The quantitative estimate of drug-likeness (QED) is 0.767. The highest BCUT2D eigenvalue weighted by molar-refractivity contribution is 5.95. The van der Waals surface area contributed by atoms with Crippen LogP contribution in [-0.4, -0.2) is 17.7 Å². The molecule has 0 atom stereocenters. The lowest BCUT2D eigenvalue weighted by molar-refractivity contribution is 0.0697. The van der Waals surface area contributed by atoms with Crippen LogP contribution in [0.2, 0.25) is 0 Å². The highest BCUT2D eigenvalue weighted by atomic mass is 19.1. The predicted octanol–water partition coefficient (Wildman–Crippen LogP) is 1.89. The molecule has 0 unspecified atom stereocenters. The number of ether oxygens (including phenoxy) is 1. The molecule has 0 saturated heterocycles. The molecule has 0 amide bonds. The Hall–Kier alpha value is -1.78. The summed E-state index contributed by atoms with van der Waals surface area (Å²) in [6.07, 6.45) is 2.20. The van der Waals surface area contributed by atoms with E-state index in [4.69, 9.17) is 15.6 Å². The number of carbonyl (C=O) groups is 1. The molecule has 1 aromatic rings. The molecule has 1 fully saturated rings. The van der Waals surface area contributed by atoms with Gasteiger partial charge in [0.15, 0.2) is 0 Å². The first-order valence-corrected chi connectivity index (χ1v) is 5.03. The van der Waals surface area contributed by atoms with Gasteiger partial charge in [0.25, 0.3) is 0 Å². The Bertz CT molecular complexity index is 429. The number of carboxylic acids is 1. The topological polar surface area (TPSA) is 72.5 Å². The first-order valence-electron chi connectivity index (χ1n) is 5.03. The summed E-state index contributed by atoms with van der Waals surface area (Å²) in [7, 11) is 0. The molecule has 0 spiro atoms. The van der Waals surface area contributed by atoms with Gasteiger partial charge in [-0.25, -0.2) is 9.18 Å². The fraction of sp³-hybridized carbons (Fsp3) is 0.364. The highest BCUT2D eigenvalue weighted by Gasteiger charge is 2.23. The van der Waals surface area contributed by atoms with Crippen molar-refractivity contribution >= 4 is 11.7 Å². The van der Waals surface area contributed by atoms with Crippen molar-refractivity contribution in [1.82, 2.24) is 0 Å². The molecule has 1 saturated carbocycles. The maximum absolute atomic E-state index is 13.1. The van der Waals surface area contributed by atoms with Crippen molar-refractivity contribution in [3.63, 3.8) is 0 Å². The normalized spacial score (nSPS) is 14.8. The zero-order chi connectivity index (χ0) is 11.7. The van der Waals surface area contributed by atoms with Crippen molar-refractivity contribution in [3.8, 4) is 5.75 Å². The van der Waals surface area contributed by atoms with Gasteiger partial charge in [0.2, 0.25) is 0 Å². The van der Waals surface area contributed by atoms with Crippen LogP contribution in [-0.2, 0) is 0 Å². The minimum Gasteiger partial charge on any atom is -0.491 e. The molecule has 86 valence electrons. The molecule has 4 nitrogen and oxygen atoms in total. The second-order valence-electron chi connectivity index (χ2n) is 3.92. The maximum atomic E-state index is 13.1. The lowest BCUT2D eigenvalue weighted by atomic mass is 10.1. The van der Waals surface area contributed by atoms with E-state index in [1.165, 1.54) is 0 Å². The molecule has 16 heavy (non-hydrogen) atoms. The van der Waals surface area contributed by atoms with Crippen LogP contribution in [0.25, 0.3) is 0 Å². The first kappa shape index (κ1) is 10.7. The van der Waals surface area contributed by atoms with Gasteiger partial charge in [-0.2, -0.15) is 0 Å². The molecule has 1 aliphatic carbocycles. The molecule has 0 bridgehead atoms. The van der Waals surface area contributed by atoms with Gasteiger partial charge in [-0.05, 0) is 24.8 Å². The zero-order valence-corrected chi connectivity index (χ0v) is 8.57. The van der Waals surface area contributed by atoms with Gasteiger partial charge in [0.05, 0.1) is 17.9 Å². The van der Waals surface area contributed by atoms with Crippen molar-refractivity contribution in [3.05, 3.63) is 23.5 Å². The Morgan fingerprint density at radius 3 is 2.81 bits per heavy atom. The molecule has 5 heteroatoms. The highest BCUT2D eigenvalue weighted by Crippen LogP contribution is 2.32. The van der Waals surface area contributed by atoms with Crippen LogP contribution in [0, 0.1) is 11.7 Å². The summed E-state index contributed by atoms with van der Waals surface area (Å²) in [5.74, 6) is -1.30. The second-order valence-corrected chi connectivity index (χ2v) is 3.92. The van der Waals surface area contributed by atoms with E-state index in [0.29, 0.717) is 12.5 Å². The summed E-state index contributed by atoms with van der Waals surface area (Å²) in [6, 6.07) is 2.01. The van der Waals surface area contributed by atoms with Gasteiger partial charge in [-0.15, -0.1) is 0 Å². The van der Waals surface area contributed by atoms with Gasteiger partial charge in [-0.1, -0.05) is 0 Å². The predicted molar refractivity (Wildman–Crippen MR) is 56.0 cm³/mol.